The monoisotopic (exact) mass is 332 g/mol. The number of ether oxygens (including phenoxy) is 1. The highest BCUT2D eigenvalue weighted by Crippen LogP contribution is 2.18. The summed E-state index contributed by atoms with van der Waals surface area (Å²) in [6, 6.07) is 10.4. The molecule has 120 valence electrons. The number of rotatable bonds is 4. The first-order valence-corrected chi connectivity index (χ1v) is 7.84. The quantitative estimate of drug-likeness (QED) is 0.876. The zero-order chi connectivity index (χ0) is 16.2. The second-order valence-corrected chi connectivity index (χ2v) is 5.89. The van der Waals surface area contributed by atoms with Crippen molar-refractivity contribution in [2.75, 3.05) is 19.8 Å². The van der Waals surface area contributed by atoms with Gasteiger partial charge >= 0.3 is 0 Å². The number of morpholine rings is 1. The van der Waals surface area contributed by atoms with Gasteiger partial charge in [-0.05, 0) is 6.07 Å². The van der Waals surface area contributed by atoms with Crippen LogP contribution in [0.1, 0.15) is 27.3 Å². The molecule has 1 fully saturated rings. The maximum Gasteiger partial charge on any atom is 0.270 e. The molecule has 0 unspecified atom stereocenters. The number of carbonyl (C=O) groups excluding carboxylic acids is 2. The summed E-state index contributed by atoms with van der Waals surface area (Å²) in [5.41, 5.74) is 1.07. The minimum atomic E-state index is -0.272. The largest absolute Gasteiger partial charge is 0.377 e. The van der Waals surface area contributed by atoms with Crippen LogP contribution in [0.15, 0.2) is 42.6 Å². The molecular formula is C17H17ClN2O3. The molecule has 0 bridgehead atoms. The number of benzene rings is 1. The summed E-state index contributed by atoms with van der Waals surface area (Å²) in [6.07, 6.45) is 1.81. The molecule has 1 N–H and O–H groups in total. The number of H-pyrrole nitrogens is 1. The van der Waals surface area contributed by atoms with Crippen LogP contribution in [0.5, 0.6) is 0 Å². The lowest BCUT2D eigenvalue weighted by Crippen LogP contribution is -2.49. The van der Waals surface area contributed by atoms with Gasteiger partial charge in [0.15, 0.2) is 5.78 Å². The van der Waals surface area contributed by atoms with E-state index >= 15 is 0 Å². The van der Waals surface area contributed by atoms with Crippen LogP contribution < -0.4 is 0 Å². The lowest BCUT2D eigenvalue weighted by atomic mass is 10.0. The van der Waals surface area contributed by atoms with E-state index in [-0.39, 0.29) is 24.2 Å². The minimum absolute atomic E-state index is 0.00316. The fourth-order valence-electron chi connectivity index (χ4n) is 2.69. The Balaban J connectivity index is 1.74. The Morgan fingerprint density at radius 2 is 2.09 bits per heavy atom. The molecule has 1 aliphatic heterocycles. The average molecular weight is 333 g/mol. The van der Waals surface area contributed by atoms with Gasteiger partial charge in [0.2, 0.25) is 0 Å². The van der Waals surface area contributed by atoms with Crippen molar-refractivity contribution in [2.24, 2.45) is 0 Å². The maximum absolute atomic E-state index is 12.6. The molecule has 1 atom stereocenters. The van der Waals surface area contributed by atoms with Crippen LogP contribution in [-0.4, -0.2) is 47.4 Å². The van der Waals surface area contributed by atoms with Gasteiger partial charge in [-0.2, -0.15) is 0 Å². The highest BCUT2D eigenvalue weighted by atomic mass is 35.5. The number of amides is 1. The van der Waals surface area contributed by atoms with Gasteiger partial charge in [-0.3, -0.25) is 9.59 Å². The number of Topliss-reactive ketones (excluding diaryl/α,β-unsaturated/α-hetero) is 1. The molecule has 6 heteroatoms. The third-order valence-corrected chi connectivity index (χ3v) is 4.10. The Bertz CT molecular complexity index is 699. The summed E-state index contributed by atoms with van der Waals surface area (Å²) in [6.45, 7) is 1.29. The van der Waals surface area contributed by atoms with Crippen LogP contribution in [0.4, 0.5) is 0 Å². The van der Waals surface area contributed by atoms with Gasteiger partial charge in [-0.25, -0.2) is 0 Å². The molecule has 1 aromatic heterocycles. The average Bonchev–Trinajstić information content (AvgIpc) is 3.02. The number of halogens is 1. The maximum atomic E-state index is 12.6. The van der Waals surface area contributed by atoms with Crippen molar-refractivity contribution < 1.29 is 14.3 Å². The number of nitrogens with zero attached hydrogens (tertiary/aromatic N) is 1. The molecule has 1 saturated heterocycles. The van der Waals surface area contributed by atoms with Crippen molar-refractivity contribution in [3.8, 4) is 0 Å². The van der Waals surface area contributed by atoms with Gasteiger partial charge in [-0.1, -0.05) is 41.9 Å². The van der Waals surface area contributed by atoms with E-state index in [0.29, 0.717) is 36.0 Å². The smallest absolute Gasteiger partial charge is 0.270 e. The SMILES string of the molecule is O=C(C[C@H]1COCCN1C(=O)c1cc(Cl)c[nH]1)c1ccccc1. The van der Waals surface area contributed by atoms with E-state index < -0.39 is 0 Å². The van der Waals surface area contributed by atoms with Crippen LogP contribution in [0.3, 0.4) is 0 Å². The van der Waals surface area contributed by atoms with Crippen molar-refractivity contribution in [3.63, 3.8) is 0 Å². The summed E-state index contributed by atoms with van der Waals surface area (Å²) < 4.78 is 5.46. The fraction of sp³-hybridized carbons (Fsp3) is 0.294. The first kappa shape index (κ1) is 15.8. The number of carbonyl (C=O) groups is 2. The summed E-state index contributed by atoms with van der Waals surface area (Å²) in [5.74, 6) is -0.158. The Hall–Kier alpha value is -2.11. The van der Waals surface area contributed by atoms with Crippen molar-refractivity contribution in [3.05, 3.63) is 58.9 Å². The standard InChI is InChI=1S/C17H17ClN2O3/c18-13-8-15(19-10-13)17(22)20-6-7-23-11-14(20)9-16(21)12-4-2-1-3-5-12/h1-5,8,10,14,19H,6-7,9,11H2/t14-/m0/s1. The third-order valence-electron chi connectivity index (χ3n) is 3.88. The van der Waals surface area contributed by atoms with Crippen LogP contribution in [0.25, 0.3) is 0 Å². The van der Waals surface area contributed by atoms with Gasteiger partial charge < -0.3 is 14.6 Å². The van der Waals surface area contributed by atoms with Crippen molar-refractivity contribution >= 4 is 23.3 Å². The predicted molar refractivity (Wildman–Crippen MR) is 86.8 cm³/mol. The number of ketones is 1. The summed E-state index contributed by atoms with van der Waals surface area (Å²) >= 11 is 5.86. The molecule has 23 heavy (non-hydrogen) atoms. The molecule has 5 nitrogen and oxygen atoms in total. The van der Waals surface area contributed by atoms with Crippen molar-refractivity contribution in [1.29, 1.82) is 0 Å². The molecule has 1 amide bonds. The molecule has 0 saturated carbocycles. The predicted octanol–water partition coefficient (Wildman–Crippen LogP) is 2.78. The number of hydrogen-bond donors (Lipinski definition) is 1. The fourth-order valence-corrected chi connectivity index (χ4v) is 2.86. The number of aromatic nitrogens is 1. The van der Waals surface area contributed by atoms with E-state index in [2.05, 4.69) is 4.98 Å². The van der Waals surface area contributed by atoms with E-state index in [0.717, 1.165) is 0 Å². The Morgan fingerprint density at radius 3 is 2.78 bits per heavy atom. The molecule has 1 aromatic carbocycles. The topological polar surface area (TPSA) is 62.4 Å². The first-order chi connectivity index (χ1) is 11.1. The minimum Gasteiger partial charge on any atom is -0.377 e. The Morgan fingerprint density at radius 1 is 1.30 bits per heavy atom. The van der Waals surface area contributed by atoms with E-state index in [1.165, 1.54) is 0 Å². The second kappa shape index (κ2) is 6.98. The molecule has 0 aliphatic carbocycles. The molecule has 1 aliphatic rings. The first-order valence-electron chi connectivity index (χ1n) is 7.46. The molecule has 2 aromatic rings. The van der Waals surface area contributed by atoms with E-state index in [9.17, 15) is 9.59 Å². The lowest BCUT2D eigenvalue weighted by molar-refractivity contribution is -0.00307. The summed E-state index contributed by atoms with van der Waals surface area (Å²) in [7, 11) is 0. The Kier molecular flexibility index (Phi) is 4.79. The van der Waals surface area contributed by atoms with E-state index in [1.807, 2.05) is 18.2 Å². The summed E-state index contributed by atoms with van der Waals surface area (Å²) in [5, 5.41) is 0.485. The molecule has 2 heterocycles. The number of nitrogens with one attached hydrogen (secondary N) is 1. The highest BCUT2D eigenvalue weighted by molar-refractivity contribution is 6.30. The molecule has 0 radical (unpaired) electrons. The van der Waals surface area contributed by atoms with E-state index in [4.69, 9.17) is 16.3 Å². The molecular weight excluding hydrogens is 316 g/mol. The van der Waals surface area contributed by atoms with Crippen molar-refractivity contribution in [1.82, 2.24) is 9.88 Å². The van der Waals surface area contributed by atoms with Gasteiger partial charge in [0.05, 0.1) is 24.3 Å². The number of hydrogen-bond acceptors (Lipinski definition) is 3. The number of aromatic amines is 1. The third kappa shape index (κ3) is 3.63. The second-order valence-electron chi connectivity index (χ2n) is 5.45. The van der Waals surface area contributed by atoms with Crippen LogP contribution in [0, 0.1) is 0 Å². The molecule has 3 rings (SSSR count). The van der Waals surface area contributed by atoms with Crippen molar-refractivity contribution in [2.45, 2.75) is 12.5 Å². The van der Waals surface area contributed by atoms with E-state index in [1.54, 1.807) is 29.3 Å². The zero-order valence-corrected chi connectivity index (χ0v) is 13.3. The van der Waals surface area contributed by atoms with Gasteiger partial charge in [-0.15, -0.1) is 0 Å². The van der Waals surface area contributed by atoms with Crippen LogP contribution >= 0.6 is 11.6 Å². The van der Waals surface area contributed by atoms with Gasteiger partial charge in [0, 0.05) is 24.7 Å². The van der Waals surface area contributed by atoms with Crippen LogP contribution in [-0.2, 0) is 4.74 Å². The zero-order valence-electron chi connectivity index (χ0n) is 12.5. The normalized spacial score (nSPS) is 18.0. The van der Waals surface area contributed by atoms with Gasteiger partial charge in [0.1, 0.15) is 5.69 Å². The Labute approximate surface area is 139 Å². The molecule has 0 spiro atoms. The van der Waals surface area contributed by atoms with Gasteiger partial charge in [0.25, 0.3) is 5.91 Å². The summed E-state index contributed by atoms with van der Waals surface area (Å²) in [4.78, 5) is 29.6. The lowest BCUT2D eigenvalue weighted by Gasteiger charge is -2.35. The van der Waals surface area contributed by atoms with Crippen LogP contribution in [0.2, 0.25) is 5.02 Å². The highest BCUT2D eigenvalue weighted by Gasteiger charge is 2.30.